The van der Waals surface area contributed by atoms with Crippen molar-refractivity contribution in [3.63, 3.8) is 0 Å². The lowest BCUT2D eigenvalue weighted by Gasteiger charge is -2.17. The lowest BCUT2D eigenvalue weighted by atomic mass is 10.1. The molecule has 0 fully saturated rings. The summed E-state index contributed by atoms with van der Waals surface area (Å²) < 4.78 is 5.57. The van der Waals surface area contributed by atoms with Crippen LogP contribution < -0.4 is 10.1 Å². The summed E-state index contributed by atoms with van der Waals surface area (Å²) >= 11 is 11.9. The maximum Gasteiger partial charge on any atom is 0.250 e. The van der Waals surface area contributed by atoms with Crippen LogP contribution in [0.4, 0.5) is 0 Å². The lowest BCUT2D eigenvalue weighted by Crippen LogP contribution is -2.28. The van der Waals surface area contributed by atoms with Gasteiger partial charge in [-0.15, -0.1) is 0 Å². The Morgan fingerprint density at radius 1 is 1.14 bits per heavy atom. The van der Waals surface area contributed by atoms with Gasteiger partial charge in [-0.05, 0) is 42.0 Å². The van der Waals surface area contributed by atoms with Gasteiger partial charge < -0.3 is 10.1 Å². The standard InChI is InChI=1S/C17H13Cl2NO2/c18-14-3-1-2-11(6-14)9-20-17(21)13-7-12-8-15(19)4-5-16(12)22-10-13/h1-8H,9-10H2,(H,20,21). The molecule has 0 radical (unpaired) electrons. The molecule has 22 heavy (non-hydrogen) atoms. The fourth-order valence-electron chi connectivity index (χ4n) is 2.22. The number of fused-ring (bicyclic) bond motifs is 1. The monoisotopic (exact) mass is 333 g/mol. The number of carbonyl (C=O) groups excluding carboxylic acids is 1. The summed E-state index contributed by atoms with van der Waals surface area (Å²) in [7, 11) is 0. The molecule has 3 rings (SSSR count). The van der Waals surface area contributed by atoms with E-state index in [2.05, 4.69) is 5.32 Å². The van der Waals surface area contributed by atoms with Crippen molar-refractivity contribution < 1.29 is 9.53 Å². The number of hydrogen-bond acceptors (Lipinski definition) is 2. The maximum atomic E-state index is 12.2. The van der Waals surface area contributed by atoms with Crippen molar-refractivity contribution >= 4 is 35.2 Å². The van der Waals surface area contributed by atoms with E-state index in [4.69, 9.17) is 27.9 Å². The van der Waals surface area contributed by atoms with Crippen molar-refractivity contribution in [2.75, 3.05) is 6.61 Å². The molecular formula is C17H13Cl2NO2. The summed E-state index contributed by atoms with van der Waals surface area (Å²) in [4.78, 5) is 12.2. The van der Waals surface area contributed by atoms with E-state index < -0.39 is 0 Å². The average Bonchev–Trinajstić information content (AvgIpc) is 2.52. The third-order valence-electron chi connectivity index (χ3n) is 3.32. The topological polar surface area (TPSA) is 38.3 Å². The van der Waals surface area contributed by atoms with E-state index in [9.17, 15) is 4.79 Å². The molecule has 0 saturated heterocycles. The highest BCUT2D eigenvalue weighted by atomic mass is 35.5. The van der Waals surface area contributed by atoms with Crippen LogP contribution in [0.1, 0.15) is 11.1 Å². The summed E-state index contributed by atoms with van der Waals surface area (Å²) in [6, 6.07) is 12.7. The first-order valence-corrected chi connectivity index (χ1v) is 7.53. The molecule has 1 heterocycles. The highest BCUT2D eigenvalue weighted by Crippen LogP contribution is 2.28. The van der Waals surface area contributed by atoms with E-state index in [1.54, 1.807) is 30.3 Å². The maximum absolute atomic E-state index is 12.2. The fraction of sp³-hybridized carbons (Fsp3) is 0.118. The summed E-state index contributed by atoms with van der Waals surface area (Å²) in [5, 5.41) is 4.12. The molecule has 0 bridgehead atoms. The van der Waals surface area contributed by atoms with Crippen LogP contribution in [-0.2, 0) is 11.3 Å². The number of carbonyl (C=O) groups is 1. The zero-order valence-electron chi connectivity index (χ0n) is 11.6. The summed E-state index contributed by atoms with van der Waals surface area (Å²) in [6.07, 6.45) is 1.80. The number of benzene rings is 2. The van der Waals surface area contributed by atoms with Gasteiger partial charge in [0.05, 0.1) is 5.57 Å². The van der Waals surface area contributed by atoms with Crippen LogP contribution >= 0.6 is 23.2 Å². The van der Waals surface area contributed by atoms with Crippen LogP contribution in [0.25, 0.3) is 6.08 Å². The largest absolute Gasteiger partial charge is 0.488 e. The number of hydrogen-bond donors (Lipinski definition) is 1. The molecule has 0 saturated carbocycles. The minimum atomic E-state index is -0.161. The Bertz CT molecular complexity index is 756. The lowest BCUT2D eigenvalue weighted by molar-refractivity contribution is -0.117. The Morgan fingerprint density at radius 2 is 1.95 bits per heavy atom. The van der Waals surface area contributed by atoms with Gasteiger partial charge >= 0.3 is 0 Å². The van der Waals surface area contributed by atoms with E-state index in [-0.39, 0.29) is 12.5 Å². The smallest absolute Gasteiger partial charge is 0.250 e. The Hall–Kier alpha value is -1.97. The van der Waals surface area contributed by atoms with E-state index in [0.29, 0.717) is 22.2 Å². The predicted octanol–water partition coefficient (Wildman–Crippen LogP) is 4.09. The van der Waals surface area contributed by atoms with Gasteiger partial charge in [-0.2, -0.15) is 0 Å². The molecule has 3 nitrogen and oxygen atoms in total. The molecule has 0 aromatic heterocycles. The molecule has 1 amide bonds. The molecule has 112 valence electrons. The highest BCUT2D eigenvalue weighted by Gasteiger charge is 2.17. The summed E-state index contributed by atoms with van der Waals surface area (Å²) in [5.74, 6) is 0.571. The van der Waals surface area contributed by atoms with Crippen LogP contribution in [-0.4, -0.2) is 12.5 Å². The molecule has 2 aromatic carbocycles. The van der Waals surface area contributed by atoms with Crippen molar-refractivity contribution in [2.24, 2.45) is 0 Å². The van der Waals surface area contributed by atoms with E-state index >= 15 is 0 Å². The molecule has 0 aliphatic carbocycles. The van der Waals surface area contributed by atoms with Gasteiger partial charge in [0.1, 0.15) is 12.4 Å². The second-order valence-electron chi connectivity index (χ2n) is 4.95. The van der Waals surface area contributed by atoms with Gasteiger partial charge in [-0.1, -0.05) is 35.3 Å². The molecule has 1 N–H and O–H groups in total. The average molecular weight is 334 g/mol. The van der Waals surface area contributed by atoms with Gasteiger partial charge in [0.2, 0.25) is 0 Å². The van der Waals surface area contributed by atoms with Crippen LogP contribution in [0, 0.1) is 0 Å². The fourth-order valence-corrected chi connectivity index (χ4v) is 2.62. The van der Waals surface area contributed by atoms with Crippen molar-refractivity contribution in [1.82, 2.24) is 5.32 Å². The summed E-state index contributed by atoms with van der Waals surface area (Å²) in [5.41, 5.74) is 2.32. The van der Waals surface area contributed by atoms with Crippen LogP contribution in [0.15, 0.2) is 48.0 Å². The second-order valence-corrected chi connectivity index (χ2v) is 5.83. The third kappa shape index (κ3) is 3.43. The molecular weight excluding hydrogens is 321 g/mol. The molecule has 2 aromatic rings. The number of amides is 1. The number of ether oxygens (including phenoxy) is 1. The predicted molar refractivity (Wildman–Crippen MR) is 88.2 cm³/mol. The van der Waals surface area contributed by atoms with Crippen LogP contribution in [0.5, 0.6) is 5.75 Å². The normalized spacial score (nSPS) is 12.9. The van der Waals surface area contributed by atoms with Crippen molar-refractivity contribution in [1.29, 1.82) is 0 Å². The minimum Gasteiger partial charge on any atom is -0.488 e. The van der Waals surface area contributed by atoms with Crippen molar-refractivity contribution in [2.45, 2.75) is 6.54 Å². The first-order valence-electron chi connectivity index (χ1n) is 6.77. The molecule has 0 unspecified atom stereocenters. The van der Waals surface area contributed by atoms with E-state index in [1.165, 1.54) is 0 Å². The number of nitrogens with one attached hydrogen (secondary N) is 1. The van der Waals surface area contributed by atoms with Gasteiger partial charge in [0, 0.05) is 22.2 Å². The van der Waals surface area contributed by atoms with Crippen LogP contribution in [0.3, 0.4) is 0 Å². The first-order chi connectivity index (χ1) is 10.6. The van der Waals surface area contributed by atoms with Crippen molar-refractivity contribution in [3.05, 3.63) is 69.2 Å². The molecule has 1 aliphatic heterocycles. The quantitative estimate of drug-likeness (QED) is 0.918. The molecule has 0 spiro atoms. The molecule has 0 atom stereocenters. The highest BCUT2D eigenvalue weighted by molar-refractivity contribution is 6.31. The Labute approximate surface area is 138 Å². The molecule has 5 heteroatoms. The number of rotatable bonds is 3. The van der Waals surface area contributed by atoms with Crippen LogP contribution in [0.2, 0.25) is 10.0 Å². The SMILES string of the molecule is O=C(NCc1cccc(Cl)c1)C1=Cc2cc(Cl)ccc2OC1. The zero-order valence-corrected chi connectivity index (χ0v) is 13.1. The van der Waals surface area contributed by atoms with Gasteiger partial charge in [0.15, 0.2) is 0 Å². The Morgan fingerprint density at radius 3 is 2.77 bits per heavy atom. The zero-order chi connectivity index (χ0) is 15.5. The Kier molecular flexibility index (Phi) is 4.36. The van der Waals surface area contributed by atoms with Crippen molar-refractivity contribution in [3.8, 4) is 5.75 Å². The third-order valence-corrected chi connectivity index (χ3v) is 3.79. The molecule has 1 aliphatic rings. The first kappa shape index (κ1) is 14.9. The van der Waals surface area contributed by atoms with E-state index in [1.807, 2.05) is 18.2 Å². The minimum absolute atomic E-state index is 0.161. The van der Waals surface area contributed by atoms with Gasteiger partial charge in [-0.3, -0.25) is 4.79 Å². The van der Waals surface area contributed by atoms with Gasteiger partial charge in [-0.25, -0.2) is 0 Å². The van der Waals surface area contributed by atoms with Gasteiger partial charge in [0.25, 0.3) is 5.91 Å². The number of halogens is 2. The Balaban J connectivity index is 1.70. The second kappa shape index (κ2) is 6.42. The summed E-state index contributed by atoms with van der Waals surface area (Å²) in [6.45, 7) is 0.662. The van der Waals surface area contributed by atoms with E-state index in [0.717, 1.165) is 16.9 Å².